The highest BCUT2D eigenvalue weighted by atomic mass is 35.5. The van der Waals surface area contributed by atoms with Crippen LogP contribution in [-0.4, -0.2) is 104 Å². The predicted molar refractivity (Wildman–Crippen MR) is 205 cm³/mol. The number of carbonyl (C=O) groups is 5. The molecule has 0 spiro atoms. The summed E-state index contributed by atoms with van der Waals surface area (Å²) in [4.78, 5) is 72.8. The van der Waals surface area contributed by atoms with Crippen LogP contribution in [0, 0.1) is 0 Å². The molecule has 14 nitrogen and oxygen atoms in total. The van der Waals surface area contributed by atoms with Crippen LogP contribution < -0.4 is 20.9 Å². The zero-order chi connectivity index (χ0) is 38.3. The van der Waals surface area contributed by atoms with Gasteiger partial charge in [-0.15, -0.1) is 0 Å². The first-order chi connectivity index (χ1) is 25.6. The van der Waals surface area contributed by atoms with E-state index < -0.39 is 6.04 Å². The number of allylic oxidation sites excluding steroid dienone is 1. The number of nitrogens with zero attached hydrogens (tertiary/aromatic N) is 5. The molecule has 2 aromatic carbocycles. The number of hydrogen-bond acceptors (Lipinski definition) is 12. The summed E-state index contributed by atoms with van der Waals surface area (Å²) >= 11 is 6.51. The van der Waals surface area contributed by atoms with E-state index in [4.69, 9.17) is 21.3 Å². The van der Waals surface area contributed by atoms with Crippen LogP contribution in [0.15, 0.2) is 48.4 Å². The van der Waals surface area contributed by atoms with Gasteiger partial charge in [0.2, 0.25) is 18.3 Å². The Labute approximate surface area is 314 Å². The van der Waals surface area contributed by atoms with Crippen molar-refractivity contribution in [3.63, 3.8) is 0 Å². The van der Waals surface area contributed by atoms with E-state index in [9.17, 15) is 24.0 Å². The minimum Gasteiger partial charge on any atom is -0.491 e. The predicted octanol–water partition coefficient (Wildman–Crippen LogP) is 4.46. The molecule has 15 heteroatoms. The number of likely N-dealkylation sites (N-methyl/N-ethyl adjacent to an activating group) is 1. The third kappa shape index (κ3) is 11.7. The van der Waals surface area contributed by atoms with Crippen molar-refractivity contribution in [3.8, 4) is 0 Å². The lowest BCUT2D eigenvalue weighted by atomic mass is 10.0. The molecule has 1 aliphatic rings. The number of amides is 2. The molecule has 2 heterocycles. The topological polar surface area (TPSA) is 166 Å². The van der Waals surface area contributed by atoms with Crippen LogP contribution in [0.25, 0.3) is 6.08 Å². The van der Waals surface area contributed by atoms with E-state index in [0.717, 1.165) is 49.6 Å². The second-order valence-electron chi connectivity index (χ2n) is 12.9. The third-order valence-corrected chi connectivity index (χ3v) is 9.50. The maximum Gasteiger partial charge on any atom is 0.227 e. The molecule has 1 atom stereocenters. The molecule has 53 heavy (non-hydrogen) atoms. The van der Waals surface area contributed by atoms with Crippen LogP contribution in [0.4, 0.5) is 23.1 Å². The number of carbonyl (C=O) groups excluding carboxylic acids is 5. The normalized spacial score (nSPS) is 14.1. The Morgan fingerprint density at radius 3 is 2.53 bits per heavy atom. The SMILES string of the molecule is CNC(=O)CCC(C=O)N(C)Cc1cc(CN(C)C2CCN(c3ncc(Cl)c(Nc4ccc(NC=O)c(/C=C(\C)OCC=O)c4)n3)CC2)ccc1C=O. The molecule has 1 aliphatic heterocycles. The summed E-state index contributed by atoms with van der Waals surface area (Å²) in [6.45, 7) is 4.20. The first kappa shape index (κ1) is 40.6. The molecule has 0 saturated carbocycles. The van der Waals surface area contributed by atoms with Crippen molar-refractivity contribution in [2.45, 2.75) is 57.8 Å². The molecule has 3 N–H and O–H groups in total. The average molecular weight is 747 g/mol. The van der Waals surface area contributed by atoms with Gasteiger partial charge in [-0.3, -0.25) is 29.0 Å². The van der Waals surface area contributed by atoms with Gasteiger partial charge in [0.05, 0.1) is 18.0 Å². The summed E-state index contributed by atoms with van der Waals surface area (Å²) in [6, 6.07) is 11.0. The van der Waals surface area contributed by atoms with Crippen LogP contribution in [0.5, 0.6) is 0 Å². The lowest BCUT2D eigenvalue weighted by Crippen LogP contribution is -2.43. The quantitative estimate of drug-likeness (QED) is 0.110. The van der Waals surface area contributed by atoms with E-state index in [1.807, 2.05) is 36.2 Å². The Kier molecular flexibility index (Phi) is 15.4. The minimum absolute atomic E-state index is 0.0760. The van der Waals surface area contributed by atoms with Gasteiger partial charge >= 0.3 is 0 Å². The molecule has 0 aliphatic carbocycles. The average Bonchev–Trinajstić information content (AvgIpc) is 3.16. The summed E-state index contributed by atoms with van der Waals surface area (Å²) in [5.74, 6) is 1.37. The van der Waals surface area contributed by atoms with Gasteiger partial charge in [0.15, 0.2) is 12.1 Å². The summed E-state index contributed by atoms with van der Waals surface area (Å²) in [5, 5.41) is 8.86. The van der Waals surface area contributed by atoms with Crippen molar-refractivity contribution >= 4 is 72.0 Å². The molecular weight excluding hydrogens is 700 g/mol. The Bertz CT molecular complexity index is 1780. The number of nitrogens with one attached hydrogen (secondary N) is 3. The summed E-state index contributed by atoms with van der Waals surface area (Å²) in [5.41, 5.74) is 4.36. The number of piperidine rings is 1. The maximum atomic E-state index is 11.9. The monoisotopic (exact) mass is 746 g/mol. The van der Waals surface area contributed by atoms with Crippen molar-refractivity contribution in [3.05, 3.63) is 75.6 Å². The van der Waals surface area contributed by atoms with Gasteiger partial charge in [-0.05, 0) is 75.7 Å². The molecule has 282 valence electrons. The van der Waals surface area contributed by atoms with Crippen molar-refractivity contribution in [1.29, 1.82) is 0 Å². The number of aldehydes is 3. The van der Waals surface area contributed by atoms with E-state index >= 15 is 0 Å². The highest BCUT2D eigenvalue weighted by molar-refractivity contribution is 6.32. The Balaban J connectivity index is 1.39. The maximum absolute atomic E-state index is 11.9. The standard InChI is InChI=1S/C38H47ClN8O6/c1-26(53-16-15-48)17-29-19-31(7-9-35(29)42-25-51)43-37-34(39)20-41-38(44-37)47-13-11-32(12-14-47)45(3)21-27-5-6-28(23-49)30(18-27)22-46(4)33(24-50)8-10-36(52)40-2/h5-7,9,15,17-20,23-25,32-33H,8,10-14,16,21-22H2,1-4H3,(H,40,52)(H,42,51)(H,41,43,44)/b26-17+. The molecule has 3 aromatic rings. The van der Waals surface area contributed by atoms with Crippen molar-refractivity contribution < 1.29 is 28.7 Å². The van der Waals surface area contributed by atoms with Crippen LogP contribution in [0.2, 0.25) is 5.02 Å². The second-order valence-corrected chi connectivity index (χ2v) is 13.3. The number of hydrogen-bond donors (Lipinski definition) is 3. The van der Waals surface area contributed by atoms with Crippen LogP contribution in [-0.2, 0) is 37.0 Å². The summed E-state index contributed by atoms with van der Waals surface area (Å²) < 4.78 is 5.37. The molecule has 0 bridgehead atoms. The fraction of sp³-hybridized carbons (Fsp3) is 0.395. The number of benzene rings is 2. The smallest absolute Gasteiger partial charge is 0.227 e. The lowest BCUT2D eigenvalue weighted by molar-refractivity contribution is -0.121. The highest BCUT2D eigenvalue weighted by Crippen LogP contribution is 2.30. The zero-order valence-corrected chi connectivity index (χ0v) is 31.3. The Morgan fingerprint density at radius 2 is 1.85 bits per heavy atom. The number of rotatable bonds is 20. The lowest BCUT2D eigenvalue weighted by Gasteiger charge is -2.37. The highest BCUT2D eigenvalue weighted by Gasteiger charge is 2.25. The number of ether oxygens (including phenoxy) is 1. The zero-order valence-electron chi connectivity index (χ0n) is 30.5. The fourth-order valence-electron chi connectivity index (χ4n) is 6.23. The third-order valence-electron chi connectivity index (χ3n) is 9.22. The van der Waals surface area contributed by atoms with Gasteiger partial charge < -0.3 is 30.4 Å². The van der Waals surface area contributed by atoms with E-state index in [-0.39, 0.29) is 18.9 Å². The molecule has 1 unspecified atom stereocenters. The van der Waals surface area contributed by atoms with Crippen LogP contribution >= 0.6 is 11.6 Å². The molecule has 0 radical (unpaired) electrons. The Hall–Kier alpha value is -5.18. The van der Waals surface area contributed by atoms with Gasteiger partial charge in [-0.1, -0.05) is 29.8 Å². The van der Waals surface area contributed by atoms with Gasteiger partial charge in [-0.2, -0.15) is 4.98 Å². The van der Waals surface area contributed by atoms with Crippen molar-refractivity contribution in [1.82, 2.24) is 25.1 Å². The van der Waals surface area contributed by atoms with Gasteiger partial charge in [0, 0.05) is 68.2 Å². The van der Waals surface area contributed by atoms with Crippen molar-refractivity contribution in [2.24, 2.45) is 0 Å². The fourth-order valence-corrected chi connectivity index (χ4v) is 6.37. The largest absolute Gasteiger partial charge is 0.491 e. The molecule has 1 fully saturated rings. The number of aromatic nitrogens is 2. The minimum atomic E-state index is -0.446. The van der Waals surface area contributed by atoms with E-state index in [0.29, 0.717) is 83.3 Å². The van der Waals surface area contributed by atoms with Gasteiger partial charge in [0.1, 0.15) is 24.2 Å². The first-order valence-corrected chi connectivity index (χ1v) is 17.7. The van der Waals surface area contributed by atoms with E-state index in [1.54, 1.807) is 38.4 Å². The van der Waals surface area contributed by atoms with E-state index in [2.05, 4.69) is 37.8 Å². The van der Waals surface area contributed by atoms with Crippen molar-refractivity contribution in [2.75, 3.05) is 56.4 Å². The Morgan fingerprint density at radius 1 is 1.08 bits per heavy atom. The molecule has 1 saturated heterocycles. The van der Waals surface area contributed by atoms with Gasteiger partial charge in [-0.25, -0.2) is 4.98 Å². The van der Waals surface area contributed by atoms with Gasteiger partial charge in [0.25, 0.3) is 0 Å². The molecule has 4 rings (SSSR count). The summed E-state index contributed by atoms with van der Waals surface area (Å²) in [7, 11) is 5.49. The first-order valence-electron chi connectivity index (χ1n) is 17.4. The van der Waals surface area contributed by atoms with E-state index in [1.165, 1.54) is 0 Å². The number of anilines is 4. The second kappa shape index (κ2) is 20.2. The van der Waals surface area contributed by atoms with Crippen LogP contribution in [0.3, 0.4) is 0 Å². The molecular formula is C38H47ClN8O6. The number of halogens is 1. The summed E-state index contributed by atoms with van der Waals surface area (Å²) in [6.07, 6.45) is 8.62. The van der Waals surface area contributed by atoms with Crippen LogP contribution in [0.1, 0.15) is 59.7 Å². The molecule has 2 amide bonds. The molecule has 1 aromatic heterocycles.